The van der Waals surface area contributed by atoms with Crippen LogP contribution in [0.4, 0.5) is 0 Å². The van der Waals surface area contributed by atoms with Crippen LogP contribution in [0.5, 0.6) is 0 Å². The number of benzene rings is 1. The highest BCUT2D eigenvalue weighted by atomic mass is 127. The van der Waals surface area contributed by atoms with Crippen LogP contribution in [0, 0.1) is 0 Å². The number of hydrogen-bond donors (Lipinski definition) is 0. The van der Waals surface area contributed by atoms with Gasteiger partial charge in [0.1, 0.15) is 0 Å². The number of rotatable bonds is 6. The summed E-state index contributed by atoms with van der Waals surface area (Å²) in [5, 5.41) is 0. The molecule has 0 amide bonds. The third-order valence-corrected chi connectivity index (χ3v) is 3.38. The molecule has 0 spiro atoms. The summed E-state index contributed by atoms with van der Waals surface area (Å²) in [5.41, 5.74) is 1.29. The molecule has 1 nitrogen and oxygen atoms in total. The summed E-state index contributed by atoms with van der Waals surface area (Å²) in [4.78, 5) is 0. The topological polar surface area (TPSA) is 9.23 Å². The smallest absolute Gasteiger partial charge is 0.0918 e. The van der Waals surface area contributed by atoms with E-state index in [1.54, 1.807) is 0 Å². The molecule has 15 heavy (non-hydrogen) atoms. The monoisotopic (exact) mass is 318 g/mol. The summed E-state index contributed by atoms with van der Waals surface area (Å²) in [6, 6.07) is 10.5. The number of alkyl halides is 1. The molecule has 1 unspecified atom stereocenters. The molecule has 1 rings (SSSR count). The van der Waals surface area contributed by atoms with Crippen molar-refractivity contribution in [1.29, 1.82) is 0 Å². The van der Waals surface area contributed by atoms with Crippen LogP contribution < -0.4 is 0 Å². The Morgan fingerprint density at radius 2 is 1.73 bits per heavy atom. The zero-order valence-electron chi connectivity index (χ0n) is 9.45. The lowest BCUT2D eigenvalue weighted by atomic mass is 10.1. The van der Waals surface area contributed by atoms with E-state index in [1.807, 2.05) is 6.07 Å². The first-order valence-electron chi connectivity index (χ1n) is 5.58. The first-order valence-corrected chi connectivity index (χ1v) is 7.10. The van der Waals surface area contributed by atoms with Gasteiger partial charge in [-0.3, -0.25) is 0 Å². The fourth-order valence-electron chi connectivity index (χ4n) is 1.59. The first-order chi connectivity index (χ1) is 7.31. The zero-order valence-corrected chi connectivity index (χ0v) is 11.6. The molecule has 0 bridgehead atoms. The van der Waals surface area contributed by atoms with Crippen molar-refractivity contribution in [2.75, 3.05) is 4.43 Å². The molecular formula is C13H19IO. The minimum absolute atomic E-state index is 0.247. The summed E-state index contributed by atoms with van der Waals surface area (Å²) in [6.07, 6.45) is 2.83. The van der Waals surface area contributed by atoms with E-state index in [0.29, 0.717) is 6.10 Å². The maximum absolute atomic E-state index is 6.08. The molecular weight excluding hydrogens is 299 g/mol. The highest BCUT2D eigenvalue weighted by Gasteiger charge is 2.14. The molecule has 0 saturated heterocycles. The van der Waals surface area contributed by atoms with E-state index in [-0.39, 0.29) is 6.10 Å². The lowest BCUT2D eigenvalue weighted by molar-refractivity contribution is -0.00305. The van der Waals surface area contributed by atoms with Gasteiger partial charge in [0.15, 0.2) is 0 Å². The van der Waals surface area contributed by atoms with Gasteiger partial charge in [-0.2, -0.15) is 0 Å². The summed E-state index contributed by atoms with van der Waals surface area (Å²) in [7, 11) is 0. The minimum atomic E-state index is 0.247. The lowest BCUT2D eigenvalue weighted by Gasteiger charge is -2.22. The molecule has 0 aromatic heterocycles. The largest absolute Gasteiger partial charge is 0.370 e. The van der Waals surface area contributed by atoms with Gasteiger partial charge >= 0.3 is 0 Å². The van der Waals surface area contributed by atoms with E-state index in [0.717, 1.165) is 17.3 Å². The number of halogens is 1. The van der Waals surface area contributed by atoms with Gasteiger partial charge in [0.25, 0.3) is 0 Å². The summed E-state index contributed by atoms with van der Waals surface area (Å²) >= 11 is 2.39. The van der Waals surface area contributed by atoms with E-state index in [4.69, 9.17) is 4.74 Å². The van der Waals surface area contributed by atoms with Crippen molar-refractivity contribution in [3.63, 3.8) is 0 Å². The number of ether oxygens (including phenoxy) is 1. The van der Waals surface area contributed by atoms with E-state index < -0.39 is 0 Å². The SMILES string of the molecule is CCC(CC)OC(CI)c1ccccc1. The third-order valence-electron chi connectivity index (χ3n) is 2.58. The van der Waals surface area contributed by atoms with Crippen LogP contribution in [0.1, 0.15) is 38.4 Å². The zero-order chi connectivity index (χ0) is 11.1. The second-order valence-corrected chi connectivity index (χ2v) is 4.51. The Hall–Kier alpha value is -0.0900. The Morgan fingerprint density at radius 3 is 2.20 bits per heavy atom. The van der Waals surface area contributed by atoms with Crippen LogP contribution in [-0.4, -0.2) is 10.5 Å². The van der Waals surface area contributed by atoms with Crippen LogP contribution in [0.15, 0.2) is 30.3 Å². The molecule has 0 heterocycles. The lowest BCUT2D eigenvalue weighted by Crippen LogP contribution is -2.16. The van der Waals surface area contributed by atoms with Crippen molar-refractivity contribution < 1.29 is 4.74 Å². The second-order valence-electron chi connectivity index (χ2n) is 3.63. The van der Waals surface area contributed by atoms with E-state index in [1.165, 1.54) is 5.56 Å². The van der Waals surface area contributed by atoms with Crippen LogP contribution >= 0.6 is 22.6 Å². The Kier molecular flexibility index (Phi) is 6.25. The summed E-state index contributed by atoms with van der Waals surface area (Å²) in [6.45, 7) is 4.37. The van der Waals surface area contributed by atoms with Crippen LogP contribution in [-0.2, 0) is 4.74 Å². The van der Waals surface area contributed by atoms with Gasteiger partial charge in [-0.25, -0.2) is 0 Å². The summed E-state index contributed by atoms with van der Waals surface area (Å²) < 4.78 is 7.09. The van der Waals surface area contributed by atoms with Gasteiger partial charge in [-0.1, -0.05) is 66.8 Å². The van der Waals surface area contributed by atoms with Crippen molar-refractivity contribution >= 4 is 22.6 Å². The van der Waals surface area contributed by atoms with Gasteiger partial charge in [-0.05, 0) is 18.4 Å². The van der Waals surface area contributed by atoms with Crippen molar-refractivity contribution in [3.05, 3.63) is 35.9 Å². The molecule has 0 aliphatic rings. The average molecular weight is 318 g/mol. The Labute approximate surface area is 106 Å². The van der Waals surface area contributed by atoms with Crippen molar-refractivity contribution in [2.45, 2.75) is 38.9 Å². The Bertz CT molecular complexity index is 256. The van der Waals surface area contributed by atoms with E-state index in [9.17, 15) is 0 Å². The standard InChI is InChI=1S/C13H19IO/c1-3-12(4-2)15-13(10-14)11-8-6-5-7-9-11/h5-9,12-13H,3-4,10H2,1-2H3. The van der Waals surface area contributed by atoms with Crippen LogP contribution in [0.3, 0.4) is 0 Å². The first kappa shape index (κ1) is 13.0. The molecule has 0 fully saturated rings. The average Bonchev–Trinajstić information content (AvgIpc) is 2.32. The fraction of sp³-hybridized carbons (Fsp3) is 0.538. The highest BCUT2D eigenvalue weighted by Crippen LogP contribution is 2.23. The van der Waals surface area contributed by atoms with Gasteiger partial charge < -0.3 is 4.74 Å². The molecule has 1 atom stereocenters. The maximum Gasteiger partial charge on any atom is 0.0918 e. The normalized spacial score (nSPS) is 13.1. The molecule has 0 aliphatic heterocycles. The van der Waals surface area contributed by atoms with Gasteiger partial charge in [0.2, 0.25) is 0 Å². The van der Waals surface area contributed by atoms with Crippen LogP contribution in [0.25, 0.3) is 0 Å². The molecule has 84 valence electrons. The second kappa shape index (κ2) is 7.23. The molecule has 0 radical (unpaired) electrons. The maximum atomic E-state index is 6.08. The van der Waals surface area contributed by atoms with Gasteiger partial charge in [0.05, 0.1) is 12.2 Å². The Balaban J connectivity index is 2.64. The molecule has 1 aromatic carbocycles. The molecule has 0 N–H and O–H groups in total. The van der Waals surface area contributed by atoms with E-state index in [2.05, 4.69) is 60.7 Å². The predicted molar refractivity (Wildman–Crippen MR) is 73.5 cm³/mol. The number of hydrogen-bond acceptors (Lipinski definition) is 1. The fourth-order valence-corrected chi connectivity index (χ4v) is 2.30. The highest BCUT2D eigenvalue weighted by molar-refractivity contribution is 14.1. The third kappa shape index (κ3) is 4.11. The van der Waals surface area contributed by atoms with E-state index >= 15 is 0 Å². The summed E-state index contributed by atoms with van der Waals surface area (Å²) in [5.74, 6) is 0. The van der Waals surface area contributed by atoms with Crippen molar-refractivity contribution in [2.24, 2.45) is 0 Å². The van der Waals surface area contributed by atoms with Crippen molar-refractivity contribution in [3.8, 4) is 0 Å². The minimum Gasteiger partial charge on any atom is -0.370 e. The molecule has 1 aromatic rings. The van der Waals surface area contributed by atoms with Crippen molar-refractivity contribution in [1.82, 2.24) is 0 Å². The molecule has 0 aliphatic carbocycles. The van der Waals surface area contributed by atoms with Gasteiger partial charge in [-0.15, -0.1) is 0 Å². The van der Waals surface area contributed by atoms with Gasteiger partial charge in [0, 0.05) is 4.43 Å². The molecule has 0 saturated carbocycles. The quantitative estimate of drug-likeness (QED) is 0.559. The molecule has 2 heteroatoms. The van der Waals surface area contributed by atoms with Crippen LogP contribution in [0.2, 0.25) is 0 Å². The predicted octanol–water partition coefficient (Wildman–Crippen LogP) is 4.37. The Morgan fingerprint density at radius 1 is 1.13 bits per heavy atom.